The third kappa shape index (κ3) is 4.84. The first kappa shape index (κ1) is 21.7. The average molecular weight is 446 g/mol. The Labute approximate surface area is 182 Å². The van der Waals surface area contributed by atoms with Crippen LogP contribution in [0.15, 0.2) is 42.6 Å². The fourth-order valence-corrected chi connectivity index (χ4v) is 3.67. The van der Waals surface area contributed by atoms with Gasteiger partial charge in [0.2, 0.25) is 5.88 Å². The van der Waals surface area contributed by atoms with Gasteiger partial charge in [-0.1, -0.05) is 0 Å². The Morgan fingerprint density at radius 1 is 1.19 bits per heavy atom. The Kier molecular flexibility index (Phi) is 5.77. The van der Waals surface area contributed by atoms with E-state index in [1.165, 1.54) is 12.1 Å². The third-order valence-electron chi connectivity index (χ3n) is 5.19. The lowest BCUT2D eigenvalue weighted by Gasteiger charge is -2.28. The molecule has 1 aliphatic rings. The van der Waals surface area contributed by atoms with E-state index in [1.807, 2.05) is 26.1 Å². The van der Waals surface area contributed by atoms with Crippen molar-refractivity contribution in [3.05, 3.63) is 70.7 Å². The van der Waals surface area contributed by atoms with Crippen molar-refractivity contribution in [1.82, 2.24) is 19.7 Å². The molecule has 0 unspecified atom stereocenters. The second-order valence-corrected chi connectivity index (χ2v) is 7.50. The minimum Gasteiger partial charge on any atom is -0.471 e. The molecule has 1 aromatic carbocycles. The van der Waals surface area contributed by atoms with Crippen LogP contribution in [0.25, 0.3) is 0 Å². The molecule has 1 amide bonds. The van der Waals surface area contributed by atoms with E-state index in [2.05, 4.69) is 14.8 Å². The molecule has 3 heterocycles. The summed E-state index contributed by atoms with van der Waals surface area (Å²) in [7, 11) is 1.85. The molecule has 0 saturated heterocycles. The highest BCUT2D eigenvalue weighted by Crippen LogP contribution is 2.26. The smallest absolute Gasteiger partial charge is 0.471 e. The van der Waals surface area contributed by atoms with Crippen LogP contribution < -0.4 is 9.47 Å². The van der Waals surface area contributed by atoms with E-state index < -0.39 is 6.36 Å². The minimum absolute atomic E-state index is 0.213. The van der Waals surface area contributed by atoms with Gasteiger partial charge in [-0.15, -0.1) is 13.2 Å². The Hall–Kier alpha value is -3.56. The number of aromatic nitrogens is 3. The van der Waals surface area contributed by atoms with Gasteiger partial charge in [0.05, 0.1) is 0 Å². The number of alkyl halides is 3. The summed E-state index contributed by atoms with van der Waals surface area (Å²) in [5, 5.41) is 4.54. The third-order valence-corrected chi connectivity index (χ3v) is 5.19. The summed E-state index contributed by atoms with van der Waals surface area (Å²) in [6.45, 7) is 2.97. The van der Waals surface area contributed by atoms with Crippen molar-refractivity contribution in [2.45, 2.75) is 32.9 Å². The first-order valence-electron chi connectivity index (χ1n) is 9.94. The standard InChI is InChI=1S/C22H21F3N4O3/c1-14-7-9-26-20(11-14)31-13-18-17-12-29(10-8-19(17)28(2)27-18)21(30)15-3-5-16(6-4-15)32-22(23,24)25/h3-7,9,11H,8,10,12-13H2,1-2H3. The first-order valence-corrected chi connectivity index (χ1v) is 9.94. The molecule has 32 heavy (non-hydrogen) atoms. The number of hydrogen-bond acceptors (Lipinski definition) is 5. The van der Waals surface area contributed by atoms with Crippen molar-refractivity contribution >= 4 is 5.91 Å². The lowest BCUT2D eigenvalue weighted by molar-refractivity contribution is -0.274. The maximum Gasteiger partial charge on any atom is 0.573 e. The summed E-state index contributed by atoms with van der Waals surface area (Å²) < 4.78 is 48.5. The summed E-state index contributed by atoms with van der Waals surface area (Å²) in [4.78, 5) is 18.8. The Morgan fingerprint density at radius 3 is 2.62 bits per heavy atom. The number of hydrogen-bond donors (Lipinski definition) is 0. The van der Waals surface area contributed by atoms with Crippen LogP contribution in [0.4, 0.5) is 13.2 Å². The second kappa shape index (κ2) is 8.52. The number of pyridine rings is 1. The number of ether oxygens (including phenoxy) is 2. The molecule has 2 aromatic heterocycles. The molecule has 0 bridgehead atoms. The summed E-state index contributed by atoms with van der Waals surface area (Å²) in [5.41, 5.74) is 3.97. The molecule has 10 heteroatoms. The van der Waals surface area contributed by atoms with Gasteiger partial charge in [-0.25, -0.2) is 4.98 Å². The first-order chi connectivity index (χ1) is 15.2. The van der Waals surface area contributed by atoms with Crippen LogP contribution in [0, 0.1) is 6.92 Å². The summed E-state index contributed by atoms with van der Waals surface area (Å²) in [6.07, 6.45) is -2.49. The Bertz CT molecular complexity index is 1130. The van der Waals surface area contributed by atoms with Gasteiger partial charge < -0.3 is 14.4 Å². The lowest BCUT2D eigenvalue weighted by atomic mass is 10.0. The van der Waals surface area contributed by atoms with Gasteiger partial charge in [-0.2, -0.15) is 5.10 Å². The van der Waals surface area contributed by atoms with Crippen LogP contribution in [0.1, 0.15) is 32.9 Å². The summed E-state index contributed by atoms with van der Waals surface area (Å²) in [6, 6.07) is 8.63. The molecule has 1 aliphatic heterocycles. The number of aryl methyl sites for hydroxylation is 2. The van der Waals surface area contributed by atoms with Crippen LogP contribution in [0.2, 0.25) is 0 Å². The molecule has 168 valence electrons. The fourth-order valence-electron chi connectivity index (χ4n) is 3.67. The highest BCUT2D eigenvalue weighted by molar-refractivity contribution is 5.94. The predicted octanol–water partition coefficient (Wildman–Crippen LogP) is 3.80. The van der Waals surface area contributed by atoms with Crippen molar-refractivity contribution in [3.8, 4) is 11.6 Å². The van der Waals surface area contributed by atoms with Crippen molar-refractivity contribution in [2.75, 3.05) is 6.54 Å². The van der Waals surface area contributed by atoms with Gasteiger partial charge in [0.15, 0.2) is 0 Å². The molecule has 3 aromatic rings. The van der Waals surface area contributed by atoms with Crippen LogP contribution >= 0.6 is 0 Å². The number of benzene rings is 1. The minimum atomic E-state index is -4.78. The molecule has 0 aliphatic carbocycles. The normalized spacial score (nSPS) is 13.6. The van der Waals surface area contributed by atoms with Crippen LogP contribution in [-0.2, 0) is 26.6 Å². The number of fused-ring (bicyclic) bond motifs is 1. The fraction of sp³-hybridized carbons (Fsp3) is 0.318. The zero-order valence-electron chi connectivity index (χ0n) is 17.5. The lowest BCUT2D eigenvalue weighted by Crippen LogP contribution is -2.36. The summed E-state index contributed by atoms with van der Waals surface area (Å²) in [5.74, 6) is -0.147. The molecule has 0 fully saturated rings. The maximum atomic E-state index is 12.9. The van der Waals surface area contributed by atoms with Gasteiger partial charge >= 0.3 is 6.36 Å². The zero-order valence-corrected chi connectivity index (χ0v) is 17.5. The van der Waals surface area contributed by atoms with Gasteiger partial charge in [0.25, 0.3) is 5.91 Å². The van der Waals surface area contributed by atoms with Crippen molar-refractivity contribution < 1.29 is 27.4 Å². The number of halogens is 3. The van der Waals surface area contributed by atoms with Gasteiger partial charge in [0, 0.05) is 55.6 Å². The highest BCUT2D eigenvalue weighted by Gasteiger charge is 2.31. The topological polar surface area (TPSA) is 69.5 Å². The number of rotatable bonds is 5. The van der Waals surface area contributed by atoms with Gasteiger partial charge in [-0.3, -0.25) is 9.48 Å². The number of carbonyl (C=O) groups excluding carboxylic acids is 1. The van der Waals surface area contributed by atoms with Crippen LogP contribution in [-0.4, -0.2) is 38.5 Å². The molecule has 4 rings (SSSR count). The number of amides is 1. The van der Waals surface area contributed by atoms with E-state index in [1.54, 1.807) is 15.8 Å². The monoisotopic (exact) mass is 446 g/mol. The van der Waals surface area contributed by atoms with Crippen LogP contribution in [0.5, 0.6) is 11.6 Å². The maximum absolute atomic E-state index is 12.9. The molecule has 0 spiro atoms. The van der Waals surface area contributed by atoms with Gasteiger partial charge in [-0.05, 0) is 42.8 Å². The van der Waals surface area contributed by atoms with E-state index in [4.69, 9.17) is 4.74 Å². The van der Waals surface area contributed by atoms with E-state index in [-0.39, 0.29) is 23.8 Å². The average Bonchev–Trinajstić information content (AvgIpc) is 3.06. The zero-order chi connectivity index (χ0) is 22.9. The SMILES string of the molecule is Cc1ccnc(OCc2nn(C)c3c2CN(C(=O)c2ccc(OC(F)(F)F)cc2)CC3)c1. The number of nitrogens with zero attached hydrogens (tertiary/aromatic N) is 4. The van der Waals surface area contributed by atoms with Crippen molar-refractivity contribution in [2.24, 2.45) is 7.05 Å². The van der Waals surface area contributed by atoms with Crippen LogP contribution in [0.3, 0.4) is 0 Å². The number of carbonyl (C=O) groups is 1. The Balaban J connectivity index is 1.47. The molecular formula is C22H21F3N4O3. The van der Waals surface area contributed by atoms with E-state index in [0.717, 1.165) is 34.6 Å². The summed E-state index contributed by atoms with van der Waals surface area (Å²) >= 11 is 0. The highest BCUT2D eigenvalue weighted by atomic mass is 19.4. The van der Waals surface area contributed by atoms with Crippen molar-refractivity contribution in [1.29, 1.82) is 0 Å². The predicted molar refractivity (Wildman–Crippen MR) is 108 cm³/mol. The Morgan fingerprint density at radius 2 is 1.94 bits per heavy atom. The van der Waals surface area contributed by atoms with E-state index in [9.17, 15) is 18.0 Å². The van der Waals surface area contributed by atoms with E-state index in [0.29, 0.717) is 25.4 Å². The van der Waals surface area contributed by atoms with E-state index >= 15 is 0 Å². The molecule has 0 saturated carbocycles. The second-order valence-electron chi connectivity index (χ2n) is 7.50. The quantitative estimate of drug-likeness (QED) is 0.596. The molecule has 0 atom stereocenters. The van der Waals surface area contributed by atoms with Crippen molar-refractivity contribution in [3.63, 3.8) is 0 Å². The largest absolute Gasteiger partial charge is 0.573 e. The molecule has 0 N–H and O–H groups in total. The molecule has 0 radical (unpaired) electrons. The van der Waals surface area contributed by atoms with Gasteiger partial charge in [0.1, 0.15) is 18.1 Å². The molecular weight excluding hydrogens is 425 g/mol. The molecule has 7 nitrogen and oxygen atoms in total.